The van der Waals surface area contributed by atoms with Crippen molar-refractivity contribution in [2.75, 3.05) is 32.5 Å². The molecule has 1 aliphatic rings. The van der Waals surface area contributed by atoms with E-state index in [4.69, 9.17) is 4.74 Å². The fourth-order valence-electron chi connectivity index (χ4n) is 3.74. The van der Waals surface area contributed by atoms with E-state index in [0.29, 0.717) is 22.6 Å². The van der Waals surface area contributed by atoms with E-state index in [1.165, 1.54) is 11.8 Å². The number of ether oxygens (including phenoxy) is 1. The minimum Gasteiger partial charge on any atom is -0.497 e. The third-order valence-electron chi connectivity index (χ3n) is 5.55. The highest BCUT2D eigenvalue weighted by Gasteiger charge is 2.19. The average molecular weight is 467 g/mol. The topological polar surface area (TPSA) is 93.5 Å². The molecule has 9 heteroatoms. The Labute approximate surface area is 195 Å². The molecular weight excluding hydrogens is 440 g/mol. The van der Waals surface area contributed by atoms with E-state index in [1.54, 1.807) is 34.8 Å². The zero-order chi connectivity index (χ0) is 23.2. The molecule has 0 unspecified atom stereocenters. The van der Waals surface area contributed by atoms with Crippen molar-refractivity contribution in [3.63, 3.8) is 0 Å². The van der Waals surface area contributed by atoms with Crippen LogP contribution in [0.2, 0.25) is 0 Å². The lowest BCUT2D eigenvalue weighted by Crippen LogP contribution is -2.39. The van der Waals surface area contributed by atoms with Gasteiger partial charge in [0, 0.05) is 13.1 Å². The number of rotatable bonds is 8. The second-order valence-corrected chi connectivity index (χ2v) is 8.75. The SMILES string of the molecule is COc1ccc(Cn2c(SCC(=O)NCC(=O)N3CCCC3)nc3ccccc3c2=O)cc1. The molecule has 0 atom stereocenters. The fourth-order valence-corrected chi connectivity index (χ4v) is 4.57. The molecule has 4 rings (SSSR count). The number of methoxy groups -OCH3 is 1. The van der Waals surface area contributed by atoms with E-state index in [9.17, 15) is 14.4 Å². The minimum absolute atomic E-state index is 0.0107. The predicted octanol–water partition coefficient (Wildman–Crippen LogP) is 2.28. The van der Waals surface area contributed by atoms with Gasteiger partial charge in [0.25, 0.3) is 5.56 Å². The summed E-state index contributed by atoms with van der Waals surface area (Å²) < 4.78 is 6.79. The number of amides is 2. The van der Waals surface area contributed by atoms with Crippen LogP contribution in [0.15, 0.2) is 58.5 Å². The number of carbonyl (C=O) groups excluding carboxylic acids is 2. The van der Waals surface area contributed by atoms with Crippen LogP contribution in [-0.4, -0.2) is 58.8 Å². The number of hydrogen-bond donors (Lipinski definition) is 1. The molecule has 33 heavy (non-hydrogen) atoms. The first-order valence-corrected chi connectivity index (χ1v) is 11.8. The number of thioether (sulfide) groups is 1. The van der Waals surface area contributed by atoms with Crippen molar-refractivity contribution in [2.45, 2.75) is 24.5 Å². The maximum Gasteiger partial charge on any atom is 0.262 e. The quantitative estimate of drug-likeness (QED) is 0.404. The summed E-state index contributed by atoms with van der Waals surface area (Å²) in [5.41, 5.74) is 1.33. The highest BCUT2D eigenvalue weighted by atomic mass is 32.2. The zero-order valence-corrected chi connectivity index (χ0v) is 19.3. The molecule has 0 saturated carbocycles. The van der Waals surface area contributed by atoms with E-state index in [-0.39, 0.29) is 29.7 Å². The summed E-state index contributed by atoms with van der Waals surface area (Å²) in [6, 6.07) is 14.6. The molecule has 1 N–H and O–H groups in total. The number of para-hydroxylation sites is 1. The molecule has 0 radical (unpaired) electrons. The smallest absolute Gasteiger partial charge is 0.262 e. The summed E-state index contributed by atoms with van der Waals surface area (Å²) in [6.45, 7) is 1.81. The summed E-state index contributed by atoms with van der Waals surface area (Å²) in [7, 11) is 1.60. The molecule has 1 aliphatic heterocycles. The monoisotopic (exact) mass is 466 g/mol. The van der Waals surface area contributed by atoms with Gasteiger partial charge in [-0.25, -0.2) is 4.98 Å². The van der Waals surface area contributed by atoms with E-state index in [1.807, 2.05) is 30.3 Å². The van der Waals surface area contributed by atoms with Gasteiger partial charge in [-0.3, -0.25) is 19.0 Å². The molecule has 2 heterocycles. The summed E-state index contributed by atoms with van der Waals surface area (Å²) in [5, 5.41) is 3.66. The number of nitrogens with one attached hydrogen (secondary N) is 1. The Kier molecular flexibility index (Phi) is 7.29. The van der Waals surface area contributed by atoms with Crippen LogP contribution in [-0.2, 0) is 16.1 Å². The number of fused-ring (bicyclic) bond motifs is 1. The summed E-state index contributed by atoms with van der Waals surface area (Å²) in [6.07, 6.45) is 2.02. The molecule has 1 fully saturated rings. The molecular formula is C24H26N4O4S. The highest BCUT2D eigenvalue weighted by Crippen LogP contribution is 2.20. The van der Waals surface area contributed by atoms with Crippen LogP contribution >= 0.6 is 11.8 Å². The van der Waals surface area contributed by atoms with Gasteiger partial charge in [-0.2, -0.15) is 0 Å². The molecule has 2 amide bonds. The number of hydrogen-bond acceptors (Lipinski definition) is 6. The van der Waals surface area contributed by atoms with Crippen molar-refractivity contribution in [3.8, 4) is 5.75 Å². The Hall–Kier alpha value is -3.33. The molecule has 1 aromatic heterocycles. The first-order valence-electron chi connectivity index (χ1n) is 10.8. The van der Waals surface area contributed by atoms with Crippen molar-refractivity contribution in [1.82, 2.24) is 19.8 Å². The maximum atomic E-state index is 13.2. The molecule has 0 aliphatic carbocycles. The Morgan fingerprint density at radius 1 is 1.09 bits per heavy atom. The zero-order valence-electron chi connectivity index (χ0n) is 18.5. The van der Waals surface area contributed by atoms with Gasteiger partial charge in [-0.05, 0) is 42.7 Å². The van der Waals surface area contributed by atoms with E-state index in [2.05, 4.69) is 10.3 Å². The van der Waals surface area contributed by atoms with Crippen LogP contribution in [0.4, 0.5) is 0 Å². The lowest BCUT2D eigenvalue weighted by molar-refractivity contribution is -0.131. The van der Waals surface area contributed by atoms with Crippen LogP contribution in [0, 0.1) is 0 Å². The van der Waals surface area contributed by atoms with Crippen LogP contribution in [0.5, 0.6) is 5.75 Å². The molecule has 8 nitrogen and oxygen atoms in total. The molecule has 0 bridgehead atoms. The molecule has 2 aromatic carbocycles. The number of benzene rings is 2. The number of aromatic nitrogens is 2. The van der Waals surface area contributed by atoms with Crippen LogP contribution in [0.25, 0.3) is 10.9 Å². The Morgan fingerprint density at radius 3 is 2.55 bits per heavy atom. The molecule has 1 saturated heterocycles. The van der Waals surface area contributed by atoms with Gasteiger partial charge in [-0.1, -0.05) is 36.0 Å². The molecule has 0 spiro atoms. The fraction of sp³-hybridized carbons (Fsp3) is 0.333. The second-order valence-electron chi connectivity index (χ2n) is 7.80. The van der Waals surface area contributed by atoms with Gasteiger partial charge in [0.1, 0.15) is 5.75 Å². The number of likely N-dealkylation sites (tertiary alicyclic amines) is 1. The lowest BCUT2D eigenvalue weighted by atomic mass is 10.2. The second kappa shape index (κ2) is 10.5. The third kappa shape index (κ3) is 5.54. The summed E-state index contributed by atoms with van der Waals surface area (Å²) in [5.74, 6) is 0.454. The van der Waals surface area contributed by atoms with Gasteiger partial charge in [0.05, 0.1) is 36.9 Å². The first kappa shape index (κ1) is 22.8. The van der Waals surface area contributed by atoms with Crippen molar-refractivity contribution < 1.29 is 14.3 Å². The van der Waals surface area contributed by atoms with E-state index >= 15 is 0 Å². The third-order valence-corrected chi connectivity index (χ3v) is 6.53. The normalized spacial score (nSPS) is 13.3. The van der Waals surface area contributed by atoms with Gasteiger partial charge in [0.2, 0.25) is 11.8 Å². The van der Waals surface area contributed by atoms with Gasteiger partial charge >= 0.3 is 0 Å². The predicted molar refractivity (Wildman–Crippen MR) is 128 cm³/mol. The van der Waals surface area contributed by atoms with Gasteiger partial charge < -0.3 is 15.0 Å². The lowest BCUT2D eigenvalue weighted by Gasteiger charge is -2.16. The van der Waals surface area contributed by atoms with E-state index in [0.717, 1.165) is 37.2 Å². The van der Waals surface area contributed by atoms with Crippen molar-refractivity contribution in [3.05, 3.63) is 64.4 Å². The summed E-state index contributed by atoms with van der Waals surface area (Å²) in [4.78, 5) is 44.2. The van der Waals surface area contributed by atoms with Crippen molar-refractivity contribution >= 4 is 34.5 Å². The van der Waals surface area contributed by atoms with E-state index < -0.39 is 0 Å². The Morgan fingerprint density at radius 2 is 1.82 bits per heavy atom. The standard InChI is InChI=1S/C24H26N4O4S/c1-32-18-10-8-17(9-11-18)15-28-23(31)19-6-2-3-7-20(19)26-24(28)33-16-21(29)25-14-22(30)27-12-4-5-13-27/h2-3,6-11H,4-5,12-16H2,1H3,(H,25,29). The van der Waals surface area contributed by atoms with Crippen LogP contribution < -0.4 is 15.6 Å². The van der Waals surface area contributed by atoms with Crippen LogP contribution in [0.3, 0.4) is 0 Å². The number of nitrogens with zero attached hydrogens (tertiary/aromatic N) is 3. The van der Waals surface area contributed by atoms with Crippen molar-refractivity contribution in [2.24, 2.45) is 0 Å². The molecule has 172 valence electrons. The minimum atomic E-state index is -0.272. The number of carbonyl (C=O) groups is 2. The Bertz CT molecular complexity index is 1200. The average Bonchev–Trinajstić information content (AvgIpc) is 3.39. The van der Waals surface area contributed by atoms with Gasteiger partial charge in [-0.15, -0.1) is 0 Å². The first-order chi connectivity index (χ1) is 16.0. The Balaban J connectivity index is 1.50. The maximum absolute atomic E-state index is 13.2. The van der Waals surface area contributed by atoms with Gasteiger partial charge in [0.15, 0.2) is 5.16 Å². The highest BCUT2D eigenvalue weighted by molar-refractivity contribution is 7.99. The summed E-state index contributed by atoms with van der Waals surface area (Å²) >= 11 is 1.19. The molecule has 3 aromatic rings. The largest absolute Gasteiger partial charge is 0.497 e. The van der Waals surface area contributed by atoms with Crippen molar-refractivity contribution in [1.29, 1.82) is 0 Å². The van der Waals surface area contributed by atoms with Crippen LogP contribution in [0.1, 0.15) is 18.4 Å².